The van der Waals surface area contributed by atoms with Gasteiger partial charge in [0.2, 0.25) is 0 Å². The van der Waals surface area contributed by atoms with Crippen LogP contribution in [0, 0.1) is 5.82 Å². The van der Waals surface area contributed by atoms with Crippen LogP contribution in [-0.2, 0) is 7.05 Å². The van der Waals surface area contributed by atoms with Gasteiger partial charge in [-0.2, -0.15) is 0 Å². The Morgan fingerprint density at radius 1 is 1.50 bits per heavy atom. The summed E-state index contributed by atoms with van der Waals surface area (Å²) >= 11 is 7.34. The van der Waals surface area contributed by atoms with Gasteiger partial charge in [-0.15, -0.1) is 21.5 Å². The highest BCUT2D eigenvalue weighted by atomic mass is 35.5. The van der Waals surface area contributed by atoms with Crippen LogP contribution in [0.3, 0.4) is 0 Å². The third kappa shape index (κ3) is 2.46. The van der Waals surface area contributed by atoms with Crippen LogP contribution in [0.1, 0.15) is 28.5 Å². The van der Waals surface area contributed by atoms with Crippen molar-refractivity contribution in [2.24, 2.45) is 7.05 Å². The van der Waals surface area contributed by atoms with Crippen LogP contribution >= 0.6 is 22.9 Å². The number of amides is 1. The third-order valence-electron chi connectivity index (χ3n) is 3.29. The number of carbonyl (C=O) groups is 1. The molecule has 2 aromatic heterocycles. The van der Waals surface area contributed by atoms with E-state index >= 15 is 0 Å². The molecule has 2 heterocycles. The van der Waals surface area contributed by atoms with Crippen LogP contribution in [0.25, 0.3) is 10.1 Å². The van der Waals surface area contributed by atoms with E-state index in [1.165, 1.54) is 6.07 Å². The van der Waals surface area contributed by atoms with Crippen molar-refractivity contribution in [2.75, 3.05) is 0 Å². The molecule has 0 saturated heterocycles. The number of aryl methyl sites for hydroxylation is 1. The maximum Gasteiger partial charge on any atom is 0.263 e. The number of nitrogens with zero attached hydrogens (tertiary/aromatic N) is 3. The van der Waals surface area contributed by atoms with Crippen molar-refractivity contribution < 1.29 is 9.18 Å². The van der Waals surface area contributed by atoms with Crippen molar-refractivity contribution in [1.29, 1.82) is 0 Å². The zero-order valence-corrected chi connectivity index (χ0v) is 13.4. The fourth-order valence-electron chi connectivity index (χ4n) is 2.23. The van der Waals surface area contributed by atoms with E-state index in [1.54, 1.807) is 37.0 Å². The zero-order valence-electron chi connectivity index (χ0n) is 11.8. The van der Waals surface area contributed by atoms with Crippen molar-refractivity contribution in [3.63, 3.8) is 0 Å². The minimum atomic E-state index is -0.431. The van der Waals surface area contributed by atoms with Gasteiger partial charge >= 0.3 is 0 Å². The van der Waals surface area contributed by atoms with Gasteiger partial charge in [-0.05, 0) is 19.1 Å². The van der Waals surface area contributed by atoms with Crippen LogP contribution in [-0.4, -0.2) is 20.7 Å². The van der Waals surface area contributed by atoms with Gasteiger partial charge in [0.25, 0.3) is 5.91 Å². The summed E-state index contributed by atoms with van der Waals surface area (Å²) in [6.07, 6.45) is 1.56. The maximum absolute atomic E-state index is 13.8. The van der Waals surface area contributed by atoms with E-state index in [1.807, 2.05) is 0 Å². The van der Waals surface area contributed by atoms with Crippen molar-refractivity contribution in [2.45, 2.75) is 13.0 Å². The molecule has 0 unspecified atom stereocenters. The SMILES string of the molecule is C[C@H](NC(=O)c1sc2cccc(F)c2c1Cl)c1nncn1C. The van der Waals surface area contributed by atoms with Crippen molar-refractivity contribution >= 4 is 38.9 Å². The van der Waals surface area contributed by atoms with Gasteiger partial charge in [0, 0.05) is 17.1 Å². The van der Waals surface area contributed by atoms with Gasteiger partial charge in [-0.3, -0.25) is 4.79 Å². The van der Waals surface area contributed by atoms with E-state index in [2.05, 4.69) is 15.5 Å². The van der Waals surface area contributed by atoms with Gasteiger partial charge in [0.15, 0.2) is 5.82 Å². The number of benzene rings is 1. The van der Waals surface area contributed by atoms with Crippen LogP contribution in [0.15, 0.2) is 24.5 Å². The summed E-state index contributed by atoms with van der Waals surface area (Å²) in [6, 6.07) is 4.31. The molecule has 0 saturated carbocycles. The predicted octanol–water partition coefficient (Wildman–Crippen LogP) is 3.31. The Hall–Kier alpha value is -1.99. The first kappa shape index (κ1) is 14.9. The van der Waals surface area contributed by atoms with Crippen molar-refractivity contribution in [3.8, 4) is 0 Å². The summed E-state index contributed by atoms with van der Waals surface area (Å²) in [7, 11) is 1.79. The Kier molecular flexibility index (Phi) is 3.84. The molecule has 0 aliphatic carbocycles. The van der Waals surface area contributed by atoms with E-state index < -0.39 is 5.82 Å². The minimum Gasteiger partial charge on any atom is -0.342 e. The molecule has 1 amide bonds. The van der Waals surface area contributed by atoms with Crippen molar-refractivity contribution in [3.05, 3.63) is 46.1 Å². The summed E-state index contributed by atoms with van der Waals surface area (Å²) < 4.78 is 16.2. The lowest BCUT2D eigenvalue weighted by Crippen LogP contribution is -2.28. The number of rotatable bonds is 3. The van der Waals surface area contributed by atoms with Gasteiger partial charge in [-0.1, -0.05) is 17.7 Å². The standard InChI is InChI=1S/C14H12ClFN4OS/c1-7(13-19-17-6-20(13)2)18-14(21)12-11(15)10-8(16)4-3-5-9(10)22-12/h3-7H,1-2H3,(H,18,21)/t7-/m0/s1. The highest BCUT2D eigenvalue weighted by Crippen LogP contribution is 2.37. The minimum absolute atomic E-state index is 0.140. The van der Waals surface area contributed by atoms with Crippen LogP contribution in [0.2, 0.25) is 5.02 Å². The largest absolute Gasteiger partial charge is 0.342 e. The molecule has 114 valence electrons. The first-order chi connectivity index (χ1) is 10.5. The fraction of sp³-hybridized carbons (Fsp3) is 0.214. The summed E-state index contributed by atoms with van der Waals surface area (Å²) in [5, 5.41) is 11.0. The van der Waals surface area contributed by atoms with Crippen LogP contribution < -0.4 is 5.32 Å². The molecule has 8 heteroatoms. The predicted molar refractivity (Wildman–Crippen MR) is 83.7 cm³/mol. The lowest BCUT2D eigenvalue weighted by atomic mass is 10.2. The number of hydrogen-bond acceptors (Lipinski definition) is 4. The monoisotopic (exact) mass is 338 g/mol. The number of nitrogens with one attached hydrogen (secondary N) is 1. The Balaban J connectivity index is 1.91. The van der Waals surface area contributed by atoms with E-state index in [9.17, 15) is 9.18 Å². The van der Waals surface area contributed by atoms with Crippen molar-refractivity contribution in [1.82, 2.24) is 20.1 Å². The lowest BCUT2D eigenvalue weighted by molar-refractivity contribution is 0.0942. The molecule has 1 N–H and O–H groups in total. The smallest absolute Gasteiger partial charge is 0.263 e. The average molecular weight is 339 g/mol. The first-order valence-electron chi connectivity index (χ1n) is 6.50. The van der Waals surface area contributed by atoms with Crippen LogP contribution in [0.4, 0.5) is 4.39 Å². The van der Waals surface area contributed by atoms with E-state index in [-0.39, 0.29) is 27.2 Å². The normalized spacial score (nSPS) is 12.5. The molecule has 0 aliphatic heterocycles. The van der Waals surface area contributed by atoms with Gasteiger partial charge in [-0.25, -0.2) is 4.39 Å². The summed E-state index contributed by atoms with van der Waals surface area (Å²) in [6.45, 7) is 1.80. The molecule has 1 aromatic carbocycles. The molecule has 0 radical (unpaired) electrons. The number of thiophene rings is 1. The van der Waals surface area contributed by atoms with E-state index in [0.29, 0.717) is 10.5 Å². The number of fused-ring (bicyclic) bond motifs is 1. The second-order valence-electron chi connectivity index (χ2n) is 4.85. The Bertz CT molecular complexity index is 860. The second-order valence-corrected chi connectivity index (χ2v) is 6.28. The van der Waals surface area contributed by atoms with Gasteiger partial charge in [0.1, 0.15) is 17.0 Å². The summed E-state index contributed by atoms with van der Waals surface area (Å²) in [5.41, 5.74) is 0. The van der Waals surface area contributed by atoms with Gasteiger partial charge < -0.3 is 9.88 Å². The molecular weight excluding hydrogens is 327 g/mol. The molecule has 0 spiro atoms. The molecule has 1 atom stereocenters. The third-order valence-corrected chi connectivity index (χ3v) is 4.94. The molecule has 0 fully saturated rings. The number of hydrogen-bond donors (Lipinski definition) is 1. The van der Waals surface area contributed by atoms with Crippen LogP contribution in [0.5, 0.6) is 0 Å². The fourth-order valence-corrected chi connectivity index (χ4v) is 3.69. The molecule has 5 nitrogen and oxygen atoms in total. The van der Waals surface area contributed by atoms with E-state index in [0.717, 1.165) is 11.3 Å². The number of aromatic nitrogens is 3. The molecule has 0 bridgehead atoms. The quantitative estimate of drug-likeness (QED) is 0.797. The number of halogens is 2. The highest BCUT2D eigenvalue weighted by Gasteiger charge is 2.22. The number of carbonyl (C=O) groups excluding carboxylic acids is 1. The Morgan fingerprint density at radius 2 is 2.27 bits per heavy atom. The Morgan fingerprint density at radius 3 is 2.91 bits per heavy atom. The summed E-state index contributed by atoms with van der Waals surface area (Å²) in [5.74, 6) is -0.169. The summed E-state index contributed by atoms with van der Waals surface area (Å²) in [4.78, 5) is 12.7. The maximum atomic E-state index is 13.8. The lowest BCUT2D eigenvalue weighted by Gasteiger charge is -2.12. The molecule has 3 aromatic rings. The first-order valence-corrected chi connectivity index (χ1v) is 7.69. The molecular formula is C14H12ClFN4OS. The van der Waals surface area contributed by atoms with Gasteiger partial charge in [0.05, 0.1) is 11.1 Å². The average Bonchev–Trinajstić information content (AvgIpc) is 3.03. The molecule has 0 aliphatic rings. The van der Waals surface area contributed by atoms with E-state index in [4.69, 9.17) is 11.6 Å². The highest BCUT2D eigenvalue weighted by molar-refractivity contribution is 7.21. The molecule has 3 rings (SSSR count). The Labute approximate surface area is 134 Å². The zero-order chi connectivity index (χ0) is 15.9. The second kappa shape index (κ2) is 5.66. The molecule has 22 heavy (non-hydrogen) atoms. The topological polar surface area (TPSA) is 59.8 Å².